The number of hydrogen-bond donors (Lipinski definition) is 1. The summed E-state index contributed by atoms with van der Waals surface area (Å²) in [6.07, 6.45) is 5.25. The minimum Gasteiger partial charge on any atom is -0.357 e. The summed E-state index contributed by atoms with van der Waals surface area (Å²) in [4.78, 5) is 9.03. The summed E-state index contributed by atoms with van der Waals surface area (Å²) in [6.45, 7) is 9.75. The Bertz CT molecular complexity index is 236. The smallest absolute Gasteiger partial charge is 0.193 e. The van der Waals surface area contributed by atoms with Crippen LogP contribution >= 0.6 is 0 Å². The van der Waals surface area contributed by atoms with Gasteiger partial charge in [-0.3, -0.25) is 4.99 Å². The number of nitrogens with zero attached hydrogens (tertiary/aromatic N) is 3. The van der Waals surface area contributed by atoms with Crippen molar-refractivity contribution >= 4 is 5.96 Å². The van der Waals surface area contributed by atoms with E-state index in [9.17, 15) is 0 Å². The number of aliphatic imine (C=N–C) groups is 1. The van der Waals surface area contributed by atoms with Crippen LogP contribution in [0.2, 0.25) is 0 Å². The van der Waals surface area contributed by atoms with Gasteiger partial charge in [0.1, 0.15) is 0 Å². The quantitative estimate of drug-likeness (QED) is 0.295. The number of nitrogens with one attached hydrogen (secondary N) is 1. The first-order chi connectivity index (χ1) is 8.61. The summed E-state index contributed by atoms with van der Waals surface area (Å²) in [5, 5.41) is 3.33. The highest BCUT2D eigenvalue weighted by molar-refractivity contribution is 5.79. The van der Waals surface area contributed by atoms with Crippen molar-refractivity contribution in [3.8, 4) is 0 Å². The van der Waals surface area contributed by atoms with Gasteiger partial charge in [0.15, 0.2) is 5.96 Å². The molecule has 4 nitrogen and oxygen atoms in total. The predicted octanol–water partition coefficient (Wildman–Crippen LogP) is 1.80. The molecule has 0 aliphatic rings. The molecule has 0 atom stereocenters. The summed E-state index contributed by atoms with van der Waals surface area (Å²) in [6, 6.07) is 0. The lowest BCUT2D eigenvalue weighted by atomic mass is 10.3. The SMILES string of the molecule is C=CCCCN(C)C(=NCCCN(C)C)NCC. The summed E-state index contributed by atoms with van der Waals surface area (Å²) >= 11 is 0. The van der Waals surface area contributed by atoms with Crippen LogP contribution in [0.1, 0.15) is 26.2 Å². The van der Waals surface area contributed by atoms with Crippen LogP contribution in [0, 0.1) is 0 Å². The van der Waals surface area contributed by atoms with Crippen molar-refractivity contribution in [1.29, 1.82) is 0 Å². The normalized spacial score (nSPS) is 11.7. The third-order valence-electron chi connectivity index (χ3n) is 2.62. The fraction of sp³-hybridized carbons (Fsp3) is 0.786. The molecule has 0 rings (SSSR count). The number of guanidine groups is 1. The maximum Gasteiger partial charge on any atom is 0.193 e. The Hall–Kier alpha value is -1.03. The van der Waals surface area contributed by atoms with Crippen molar-refractivity contribution in [2.24, 2.45) is 4.99 Å². The van der Waals surface area contributed by atoms with Crippen LogP contribution in [-0.2, 0) is 0 Å². The van der Waals surface area contributed by atoms with E-state index in [0.717, 1.165) is 51.4 Å². The van der Waals surface area contributed by atoms with Crippen LogP contribution in [0.15, 0.2) is 17.6 Å². The number of hydrogen-bond acceptors (Lipinski definition) is 2. The minimum atomic E-state index is 0.881. The Morgan fingerprint density at radius 3 is 2.50 bits per heavy atom. The van der Waals surface area contributed by atoms with Crippen LogP contribution in [0.4, 0.5) is 0 Å². The molecular weight excluding hydrogens is 224 g/mol. The van der Waals surface area contributed by atoms with E-state index in [4.69, 9.17) is 0 Å². The molecule has 0 fully saturated rings. The Kier molecular flexibility index (Phi) is 10.4. The standard InChI is InChI=1S/C14H30N4/c1-6-8-9-13-18(5)14(15-7-2)16-11-10-12-17(3)4/h6H,1,7-13H2,2-5H3,(H,15,16). The Labute approximate surface area is 113 Å². The first-order valence-electron chi connectivity index (χ1n) is 6.86. The van der Waals surface area contributed by atoms with E-state index < -0.39 is 0 Å². The van der Waals surface area contributed by atoms with Gasteiger partial charge in [0.2, 0.25) is 0 Å². The van der Waals surface area contributed by atoms with Gasteiger partial charge in [0.25, 0.3) is 0 Å². The second kappa shape index (κ2) is 11.1. The first kappa shape index (κ1) is 17.0. The molecule has 0 spiro atoms. The Morgan fingerprint density at radius 1 is 1.22 bits per heavy atom. The van der Waals surface area contributed by atoms with E-state index >= 15 is 0 Å². The van der Waals surface area contributed by atoms with Crippen molar-refractivity contribution in [3.05, 3.63) is 12.7 Å². The summed E-state index contributed by atoms with van der Waals surface area (Å²) < 4.78 is 0. The van der Waals surface area contributed by atoms with Crippen molar-refractivity contribution in [2.45, 2.75) is 26.2 Å². The monoisotopic (exact) mass is 254 g/mol. The fourth-order valence-electron chi connectivity index (χ4n) is 1.62. The summed E-state index contributed by atoms with van der Waals surface area (Å²) in [5.41, 5.74) is 0. The lowest BCUT2D eigenvalue weighted by Crippen LogP contribution is -2.39. The largest absolute Gasteiger partial charge is 0.357 e. The van der Waals surface area contributed by atoms with Gasteiger partial charge in [-0.25, -0.2) is 0 Å². The molecule has 0 saturated heterocycles. The molecule has 0 aliphatic carbocycles. The van der Waals surface area contributed by atoms with Gasteiger partial charge in [-0.2, -0.15) is 0 Å². The second-order valence-corrected chi connectivity index (χ2v) is 4.74. The zero-order valence-corrected chi connectivity index (χ0v) is 12.6. The molecule has 0 aromatic rings. The average molecular weight is 254 g/mol. The zero-order valence-electron chi connectivity index (χ0n) is 12.6. The van der Waals surface area contributed by atoms with E-state index in [2.05, 4.69) is 54.8 Å². The van der Waals surface area contributed by atoms with E-state index in [-0.39, 0.29) is 0 Å². The zero-order chi connectivity index (χ0) is 13.8. The fourth-order valence-corrected chi connectivity index (χ4v) is 1.62. The molecular formula is C14H30N4. The van der Waals surface area contributed by atoms with Crippen LogP contribution in [0.3, 0.4) is 0 Å². The van der Waals surface area contributed by atoms with Crippen molar-refractivity contribution in [1.82, 2.24) is 15.1 Å². The number of unbranched alkanes of at least 4 members (excludes halogenated alkanes) is 1. The third-order valence-corrected chi connectivity index (χ3v) is 2.62. The van der Waals surface area contributed by atoms with Crippen LogP contribution in [-0.4, -0.2) is 63.1 Å². The molecule has 0 unspecified atom stereocenters. The number of allylic oxidation sites excluding steroid dienone is 1. The van der Waals surface area contributed by atoms with Gasteiger partial charge in [-0.1, -0.05) is 6.08 Å². The molecule has 0 heterocycles. The van der Waals surface area contributed by atoms with E-state index in [1.165, 1.54) is 0 Å². The molecule has 0 bridgehead atoms. The van der Waals surface area contributed by atoms with Crippen LogP contribution in [0.5, 0.6) is 0 Å². The highest BCUT2D eigenvalue weighted by Crippen LogP contribution is 1.95. The molecule has 18 heavy (non-hydrogen) atoms. The molecule has 0 aliphatic heterocycles. The first-order valence-corrected chi connectivity index (χ1v) is 6.86. The summed E-state index contributed by atoms with van der Waals surface area (Å²) in [5.74, 6) is 1.01. The van der Waals surface area contributed by atoms with Crippen LogP contribution < -0.4 is 5.32 Å². The molecule has 4 heteroatoms. The van der Waals surface area contributed by atoms with Gasteiger partial charge >= 0.3 is 0 Å². The minimum absolute atomic E-state index is 0.881. The topological polar surface area (TPSA) is 30.9 Å². The Balaban J connectivity index is 4.08. The maximum absolute atomic E-state index is 4.64. The highest BCUT2D eigenvalue weighted by atomic mass is 15.3. The van der Waals surface area contributed by atoms with E-state index in [1.54, 1.807) is 0 Å². The molecule has 0 radical (unpaired) electrons. The maximum atomic E-state index is 4.64. The van der Waals surface area contributed by atoms with Gasteiger partial charge < -0.3 is 15.1 Å². The van der Waals surface area contributed by atoms with E-state index in [0.29, 0.717) is 0 Å². The lowest BCUT2D eigenvalue weighted by molar-refractivity contribution is 0.402. The lowest BCUT2D eigenvalue weighted by Gasteiger charge is -2.21. The van der Waals surface area contributed by atoms with E-state index in [1.807, 2.05) is 6.08 Å². The molecule has 106 valence electrons. The Morgan fingerprint density at radius 2 is 1.94 bits per heavy atom. The third kappa shape index (κ3) is 9.05. The van der Waals surface area contributed by atoms with Crippen LogP contribution in [0.25, 0.3) is 0 Å². The van der Waals surface area contributed by atoms with Gasteiger partial charge in [-0.15, -0.1) is 6.58 Å². The molecule has 0 saturated carbocycles. The van der Waals surface area contributed by atoms with Gasteiger partial charge in [-0.05, 0) is 46.8 Å². The number of rotatable bonds is 9. The van der Waals surface area contributed by atoms with Crippen molar-refractivity contribution < 1.29 is 0 Å². The van der Waals surface area contributed by atoms with Crippen molar-refractivity contribution in [2.75, 3.05) is 47.3 Å². The molecule has 0 aromatic heterocycles. The molecule has 1 N–H and O–H groups in total. The highest BCUT2D eigenvalue weighted by Gasteiger charge is 2.04. The molecule has 0 aromatic carbocycles. The summed E-state index contributed by atoms with van der Waals surface area (Å²) in [7, 11) is 6.28. The van der Waals surface area contributed by atoms with Gasteiger partial charge in [0, 0.05) is 26.7 Å². The predicted molar refractivity (Wildman–Crippen MR) is 81.2 cm³/mol. The molecule has 0 amide bonds. The van der Waals surface area contributed by atoms with Gasteiger partial charge in [0.05, 0.1) is 0 Å². The second-order valence-electron chi connectivity index (χ2n) is 4.74. The average Bonchev–Trinajstić information content (AvgIpc) is 2.33. The van der Waals surface area contributed by atoms with Crippen molar-refractivity contribution in [3.63, 3.8) is 0 Å².